The molecule has 0 spiro atoms. The van der Waals surface area contributed by atoms with Gasteiger partial charge in [-0.2, -0.15) is 0 Å². The van der Waals surface area contributed by atoms with Crippen LogP contribution in [0.15, 0.2) is 36.4 Å². The second kappa shape index (κ2) is 9.16. The van der Waals surface area contributed by atoms with E-state index in [4.69, 9.17) is 18.9 Å². The zero-order valence-electron chi connectivity index (χ0n) is 17.7. The summed E-state index contributed by atoms with van der Waals surface area (Å²) in [6.07, 6.45) is 1.17. The van der Waals surface area contributed by atoms with Gasteiger partial charge in [0.15, 0.2) is 11.5 Å². The number of likely N-dealkylation sites (tertiary alicyclic amines) is 1. The van der Waals surface area contributed by atoms with Gasteiger partial charge in [-0.15, -0.1) is 0 Å². The van der Waals surface area contributed by atoms with E-state index in [1.807, 2.05) is 0 Å². The monoisotopic (exact) mass is 426 g/mol. The minimum atomic E-state index is -0.170. The number of fused-ring (bicyclic) bond motifs is 1. The molecule has 8 heteroatoms. The Morgan fingerprint density at radius 1 is 0.968 bits per heavy atom. The van der Waals surface area contributed by atoms with Gasteiger partial charge in [0.25, 0.3) is 5.91 Å². The van der Waals surface area contributed by atoms with Gasteiger partial charge in [-0.05, 0) is 37.1 Å². The molecule has 2 heterocycles. The maximum Gasteiger partial charge on any atom is 0.261 e. The minimum absolute atomic E-state index is 0.0568. The van der Waals surface area contributed by atoms with Gasteiger partial charge in [-0.25, -0.2) is 0 Å². The second-order valence-electron chi connectivity index (χ2n) is 7.45. The van der Waals surface area contributed by atoms with E-state index in [1.165, 1.54) is 14.2 Å². The summed E-state index contributed by atoms with van der Waals surface area (Å²) in [5.41, 5.74) is 1.08. The van der Waals surface area contributed by atoms with Gasteiger partial charge >= 0.3 is 0 Å². The second-order valence-corrected chi connectivity index (χ2v) is 7.45. The van der Waals surface area contributed by atoms with Crippen molar-refractivity contribution in [2.75, 3.05) is 45.8 Å². The van der Waals surface area contributed by atoms with Crippen LogP contribution in [0.3, 0.4) is 0 Å². The van der Waals surface area contributed by atoms with Crippen LogP contribution in [0.4, 0.5) is 5.69 Å². The minimum Gasteiger partial charge on any atom is -0.496 e. The molecule has 2 aromatic carbocycles. The number of anilines is 1. The zero-order valence-corrected chi connectivity index (χ0v) is 17.7. The molecule has 0 saturated carbocycles. The van der Waals surface area contributed by atoms with Crippen molar-refractivity contribution >= 4 is 17.5 Å². The zero-order chi connectivity index (χ0) is 21.8. The van der Waals surface area contributed by atoms with Gasteiger partial charge < -0.3 is 29.2 Å². The Morgan fingerprint density at radius 3 is 2.26 bits per heavy atom. The summed E-state index contributed by atoms with van der Waals surface area (Å²) < 4.78 is 21.8. The molecule has 0 bridgehead atoms. The van der Waals surface area contributed by atoms with Crippen LogP contribution in [-0.4, -0.2) is 57.2 Å². The van der Waals surface area contributed by atoms with E-state index < -0.39 is 0 Å². The molecule has 31 heavy (non-hydrogen) atoms. The molecule has 0 unspecified atom stereocenters. The van der Waals surface area contributed by atoms with Crippen LogP contribution >= 0.6 is 0 Å². The van der Waals surface area contributed by atoms with Gasteiger partial charge in [0, 0.05) is 30.8 Å². The van der Waals surface area contributed by atoms with Crippen LogP contribution in [0, 0.1) is 5.92 Å². The SMILES string of the molecule is COc1cccc(OC)c1C(=O)N1CCC(C(=O)Nc2ccc3c(c2)OCCO3)CC1. The number of carbonyl (C=O) groups is 2. The first kappa shape index (κ1) is 20.8. The number of carbonyl (C=O) groups excluding carboxylic acids is 2. The molecule has 164 valence electrons. The van der Waals surface area contributed by atoms with Crippen molar-refractivity contribution in [2.24, 2.45) is 5.92 Å². The lowest BCUT2D eigenvalue weighted by Gasteiger charge is -2.32. The van der Waals surface area contributed by atoms with Crippen molar-refractivity contribution in [1.29, 1.82) is 0 Å². The van der Waals surface area contributed by atoms with Gasteiger partial charge in [0.05, 0.1) is 14.2 Å². The normalized spacial score (nSPS) is 15.9. The van der Waals surface area contributed by atoms with Crippen molar-refractivity contribution < 1.29 is 28.5 Å². The van der Waals surface area contributed by atoms with Crippen LogP contribution in [-0.2, 0) is 4.79 Å². The van der Waals surface area contributed by atoms with E-state index >= 15 is 0 Å². The average molecular weight is 426 g/mol. The van der Waals surface area contributed by atoms with Crippen LogP contribution in [0.2, 0.25) is 0 Å². The van der Waals surface area contributed by atoms with Crippen molar-refractivity contribution in [2.45, 2.75) is 12.8 Å². The molecule has 0 atom stereocenters. The Bertz CT molecular complexity index is 946. The first-order valence-electron chi connectivity index (χ1n) is 10.3. The average Bonchev–Trinajstić information content (AvgIpc) is 2.83. The molecule has 2 amide bonds. The predicted molar refractivity (Wildman–Crippen MR) is 114 cm³/mol. The highest BCUT2D eigenvalue weighted by atomic mass is 16.6. The quantitative estimate of drug-likeness (QED) is 0.791. The van der Waals surface area contributed by atoms with E-state index in [2.05, 4.69) is 5.32 Å². The number of piperidine rings is 1. The van der Waals surface area contributed by atoms with Gasteiger partial charge in [0.1, 0.15) is 30.3 Å². The fourth-order valence-corrected chi connectivity index (χ4v) is 3.93. The molecule has 0 aliphatic carbocycles. The molecule has 8 nitrogen and oxygen atoms in total. The molecule has 1 fully saturated rings. The Labute approximate surface area is 181 Å². The number of nitrogens with one attached hydrogen (secondary N) is 1. The molecule has 1 saturated heterocycles. The molecular weight excluding hydrogens is 400 g/mol. The van der Waals surface area contributed by atoms with Crippen molar-refractivity contribution in [1.82, 2.24) is 4.90 Å². The number of hydrogen-bond donors (Lipinski definition) is 1. The van der Waals surface area contributed by atoms with E-state index in [9.17, 15) is 9.59 Å². The standard InChI is InChI=1S/C23H26N2O6/c1-28-18-4-3-5-19(29-2)21(18)23(27)25-10-8-15(9-11-25)22(26)24-16-6-7-17-20(14-16)31-13-12-30-17/h3-7,14-15H,8-13H2,1-2H3,(H,24,26). The predicted octanol–water partition coefficient (Wildman–Crippen LogP) is 2.97. The summed E-state index contributed by atoms with van der Waals surface area (Å²) in [7, 11) is 3.06. The number of amides is 2. The number of ether oxygens (including phenoxy) is 4. The summed E-state index contributed by atoms with van der Waals surface area (Å²) in [5, 5.41) is 2.96. The summed E-state index contributed by atoms with van der Waals surface area (Å²) >= 11 is 0. The fourth-order valence-electron chi connectivity index (χ4n) is 3.93. The highest BCUT2D eigenvalue weighted by Crippen LogP contribution is 2.34. The molecule has 1 N–H and O–H groups in total. The molecule has 2 aromatic rings. The smallest absolute Gasteiger partial charge is 0.261 e. The topological polar surface area (TPSA) is 86.3 Å². The number of nitrogens with zero attached hydrogens (tertiary/aromatic N) is 1. The van der Waals surface area contributed by atoms with Crippen LogP contribution in [0.5, 0.6) is 23.0 Å². The molecule has 2 aliphatic rings. The Morgan fingerprint density at radius 2 is 1.61 bits per heavy atom. The number of rotatable bonds is 5. The Hall–Kier alpha value is -3.42. The highest BCUT2D eigenvalue weighted by molar-refractivity contribution is 6.00. The lowest BCUT2D eigenvalue weighted by atomic mass is 9.95. The summed E-state index contributed by atoms with van der Waals surface area (Å²) in [6.45, 7) is 1.99. The first-order chi connectivity index (χ1) is 15.1. The van der Waals surface area contributed by atoms with E-state index in [-0.39, 0.29) is 17.7 Å². The number of hydrogen-bond acceptors (Lipinski definition) is 6. The largest absolute Gasteiger partial charge is 0.496 e. The van der Waals surface area contributed by atoms with Crippen molar-refractivity contribution in [3.8, 4) is 23.0 Å². The third-order valence-electron chi connectivity index (χ3n) is 5.60. The maximum atomic E-state index is 13.1. The molecular formula is C23H26N2O6. The number of benzene rings is 2. The molecule has 0 aromatic heterocycles. The van der Waals surface area contributed by atoms with Gasteiger partial charge in [-0.1, -0.05) is 6.07 Å². The van der Waals surface area contributed by atoms with E-state index in [0.717, 1.165) is 0 Å². The van der Waals surface area contributed by atoms with Gasteiger partial charge in [0.2, 0.25) is 5.91 Å². The van der Waals surface area contributed by atoms with E-state index in [1.54, 1.807) is 41.3 Å². The molecule has 0 radical (unpaired) electrons. The summed E-state index contributed by atoms with van der Waals surface area (Å²) in [6, 6.07) is 10.6. The van der Waals surface area contributed by atoms with E-state index in [0.29, 0.717) is 73.4 Å². The van der Waals surface area contributed by atoms with Crippen LogP contribution < -0.4 is 24.3 Å². The molecule has 2 aliphatic heterocycles. The highest BCUT2D eigenvalue weighted by Gasteiger charge is 2.30. The van der Waals surface area contributed by atoms with Crippen LogP contribution in [0.1, 0.15) is 23.2 Å². The van der Waals surface area contributed by atoms with Crippen molar-refractivity contribution in [3.63, 3.8) is 0 Å². The summed E-state index contributed by atoms with van der Waals surface area (Å²) in [5.74, 6) is 1.89. The number of methoxy groups -OCH3 is 2. The first-order valence-corrected chi connectivity index (χ1v) is 10.3. The third kappa shape index (κ3) is 4.38. The molecule has 4 rings (SSSR count). The van der Waals surface area contributed by atoms with Gasteiger partial charge in [-0.3, -0.25) is 9.59 Å². The third-order valence-corrected chi connectivity index (χ3v) is 5.60. The lowest BCUT2D eigenvalue weighted by molar-refractivity contribution is -0.121. The fraction of sp³-hybridized carbons (Fsp3) is 0.391. The Kier molecular flexibility index (Phi) is 6.16. The Balaban J connectivity index is 1.38. The lowest BCUT2D eigenvalue weighted by Crippen LogP contribution is -2.41. The van der Waals surface area contributed by atoms with Crippen LogP contribution in [0.25, 0.3) is 0 Å². The summed E-state index contributed by atoms with van der Waals surface area (Å²) in [4.78, 5) is 27.6. The van der Waals surface area contributed by atoms with Crippen molar-refractivity contribution in [3.05, 3.63) is 42.0 Å². The maximum absolute atomic E-state index is 13.1.